The summed E-state index contributed by atoms with van der Waals surface area (Å²) in [5, 5.41) is 9.62. The van der Waals surface area contributed by atoms with Crippen molar-refractivity contribution in [3.63, 3.8) is 0 Å². The Bertz CT molecular complexity index is 491. The monoisotopic (exact) mass is 291 g/mol. The minimum Gasteiger partial charge on any atom is -0.393 e. The summed E-state index contributed by atoms with van der Waals surface area (Å²) in [6.07, 6.45) is -0.0444. The second-order valence-electron chi connectivity index (χ2n) is 4.78. The molecule has 1 aromatic rings. The molecule has 1 rings (SSSR count). The van der Waals surface area contributed by atoms with Crippen molar-refractivity contribution in [1.82, 2.24) is 4.72 Å². The number of aryl methyl sites for hydroxylation is 2. The van der Waals surface area contributed by atoms with E-state index in [9.17, 15) is 13.5 Å². The van der Waals surface area contributed by atoms with Crippen LogP contribution in [0.15, 0.2) is 11.0 Å². The van der Waals surface area contributed by atoms with Crippen molar-refractivity contribution in [3.8, 4) is 0 Å². The van der Waals surface area contributed by atoms with Crippen molar-refractivity contribution in [1.29, 1.82) is 0 Å². The minimum absolute atomic E-state index is 0.139. The molecule has 0 aliphatic heterocycles. The van der Waals surface area contributed by atoms with Gasteiger partial charge in [0.2, 0.25) is 10.0 Å². The molecule has 4 nitrogen and oxygen atoms in total. The first-order valence-corrected chi connectivity index (χ1v) is 8.28. The van der Waals surface area contributed by atoms with Gasteiger partial charge in [-0.05, 0) is 32.3 Å². The van der Waals surface area contributed by atoms with Gasteiger partial charge in [0.1, 0.15) is 0 Å². The summed E-state index contributed by atoms with van der Waals surface area (Å²) < 4.78 is 26.6. The number of thiophene rings is 1. The maximum absolute atomic E-state index is 12.0. The second kappa shape index (κ2) is 6.14. The van der Waals surface area contributed by atoms with E-state index in [0.717, 1.165) is 9.75 Å². The highest BCUT2D eigenvalue weighted by atomic mass is 32.2. The molecule has 0 amide bonds. The van der Waals surface area contributed by atoms with Crippen LogP contribution in [0.3, 0.4) is 0 Å². The summed E-state index contributed by atoms with van der Waals surface area (Å²) in [6, 6.07) is 1.68. The summed E-state index contributed by atoms with van der Waals surface area (Å²) in [5.74, 6) is 0.139. The van der Waals surface area contributed by atoms with Gasteiger partial charge >= 0.3 is 0 Å². The average Bonchev–Trinajstić information content (AvgIpc) is 2.58. The first kappa shape index (κ1) is 15.6. The van der Waals surface area contributed by atoms with Crippen molar-refractivity contribution in [2.45, 2.75) is 45.1 Å². The molecule has 0 spiro atoms. The molecule has 1 unspecified atom stereocenters. The molecule has 0 radical (unpaired) electrons. The van der Waals surface area contributed by atoms with E-state index in [4.69, 9.17) is 0 Å². The lowest BCUT2D eigenvalue weighted by Gasteiger charge is -2.14. The van der Waals surface area contributed by atoms with Gasteiger partial charge in [-0.3, -0.25) is 0 Å². The highest BCUT2D eigenvalue weighted by Crippen LogP contribution is 2.24. The first-order valence-electron chi connectivity index (χ1n) is 5.99. The number of hydrogen-bond donors (Lipinski definition) is 2. The van der Waals surface area contributed by atoms with Gasteiger partial charge in [0.15, 0.2) is 0 Å². The van der Waals surface area contributed by atoms with Crippen LogP contribution in [0.5, 0.6) is 0 Å². The Morgan fingerprint density at radius 1 is 1.39 bits per heavy atom. The third-order valence-electron chi connectivity index (χ3n) is 2.79. The van der Waals surface area contributed by atoms with Gasteiger partial charge in [0, 0.05) is 16.3 Å². The average molecular weight is 291 g/mol. The number of aliphatic hydroxyl groups is 1. The summed E-state index contributed by atoms with van der Waals surface area (Å²) in [5.41, 5.74) is 0. The molecule has 0 aliphatic carbocycles. The fourth-order valence-corrected chi connectivity index (χ4v) is 4.23. The van der Waals surface area contributed by atoms with Crippen LogP contribution in [-0.4, -0.2) is 26.2 Å². The molecule has 0 fully saturated rings. The molecule has 6 heteroatoms. The molecule has 0 aromatic carbocycles. The van der Waals surface area contributed by atoms with E-state index in [1.54, 1.807) is 13.0 Å². The molecule has 1 heterocycles. The molecule has 18 heavy (non-hydrogen) atoms. The Morgan fingerprint density at radius 2 is 2.00 bits per heavy atom. The van der Waals surface area contributed by atoms with E-state index < -0.39 is 16.1 Å². The third kappa shape index (κ3) is 4.05. The lowest BCUT2D eigenvalue weighted by molar-refractivity contribution is 0.118. The SMILES string of the molecule is Cc1cc(S(=O)(=O)NCCC(O)C(C)C)c(C)s1. The molecule has 0 aliphatic rings. The van der Waals surface area contributed by atoms with Crippen LogP contribution in [0.25, 0.3) is 0 Å². The van der Waals surface area contributed by atoms with Gasteiger partial charge in [-0.2, -0.15) is 0 Å². The smallest absolute Gasteiger partial charge is 0.241 e. The lowest BCUT2D eigenvalue weighted by atomic mass is 10.1. The maximum atomic E-state index is 12.0. The van der Waals surface area contributed by atoms with Crippen molar-refractivity contribution in [2.75, 3.05) is 6.54 Å². The Balaban J connectivity index is 2.64. The number of rotatable bonds is 6. The maximum Gasteiger partial charge on any atom is 0.241 e. The van der Waals surface area contributed by atoms with Gasteiger partial charge in [-0.15, -0.1) is 11.3 Å². The summed E-state index contributed by atoms with van der Waals surface area (Å²) >= 11 is 1.47. The summed E-state index contributed by atoms with van der Waals surface area (Å²) in [7, 11) is -3.44. The lowest BCUT2D eigenvalue weighted by Crippen LogP contribution is -2.29. The molecule has 1 atom stereocenters. The zero-order valence-corrected chi connectivity index (χ0v) is 12.9. The normalized spacial score (nSPS) is 14.1. The zero-order valence-electron chi connectivity index (χ0n) is 11.2. The molecular formula is C12H21NO3S2. The van der Waals surface area contributed by atoms with Crippen LogP contribution >= 0.6 is 11.3 Å². The van der Waals surface area contributed by atoms with Crippen LogP contribution < -0.4 is 4.72 Å². The van der Waals surface area contributed by atoms with Gasteiger partial charge < -0.3 is 5.11 Å². The zero-order chi connectivity index (χ0) is 13.9. The predicted molar refractivity (Wildman–Crippen MR) is 74.4 cm³/mol. The molecule has 104 valence electrons. The Kier molecular flexibility index (Phi) is 5.33. The van der Waals surface area contributed by atoms with Gasteiger partial charge in [-0.25, -0.2) is 13.1 Å². The summed E-state index contributed by atoms with van der Waals surface area (Å²) in [4.78, 5) is 2.13. The molecule has 2 N–H and O–H groups in total. The van der Waals surface area contributed by atoms with Crippen molar-refractivity contribution >= 4 is 21.4 Å². The number of aliphatic hydroxyl groups excluding tert-OH is 1. The summed E-state index contributed by atoms with van der Waals surface area (Å²) in [6.45, 7) is 7.77. The van der Waals surface area contributed by atoms with E-state index in [1.807, 2.05) is 20.8 Å². The fraction of sp³-hybridized carbons (Fsp3) is 0.667. The predicted octanol–water partition coefficient (Wildman–Crippen LogP) is 2.05. The van der Waals surface area contributed by atoms with Crippen LogP contribution in [0, 0.1) is 19.8 Å². The fourth-order valence-electron chi connectivity index (χ4n) is 1.63. The number of sulfonamides is 1. The largest absolute Gasteiger partial charge is 0.393 e. The van der Waals surface area contributed by atoms with Gasteiger partial charge in [0.05, 0.1) is 11.0 Å². The topological polar surface area (TPSA) is 66.4 Å². The van der Waals surface area contributed by atoms with Crippen LogP contribution in [0.4, 0.5) is 0 Å². The molecule has 0 saturated carbocycles. The van der Waals surface area contributed by atoms with Crippen LogP contribution in [0.1, 0.15) is 30.0 Å². The van der Waals surface area contributed by atoms with Crippen LogP contribution in [-0.2, 0) is 10.0 Å². The van der Waals surface area contributed by atoms with E-state index >= 15 is 0 Å². The number of nitrogens with one attached hydrogen (secondary N) is 1. The Morgan fingerprint density at radius 3 is 2.44 bits per heavy atom. The second-order valence-corrected chi connectivity index (χ2v) is 7.97. The van der Waals surface area contributed by atoms with Crippen LogP contribution in [0.2, 0.25) is 0 Å². The highest BCUT2D eigenvalue weighted by molar-refractivity contribution is 7.89. The Labute approximate surface area is 113 Å². The molecule has 0 saturated heterocycles. The molecule has 0 bridgehead atoms. The minimum atomic E-state index is -3.44. The van der Waals surface area contributed by atoms with E-state index in [2.05, 4.69) is 4.72 Å². The van der Waals surface area contributed by atoms with E-state index in [1.165, 1.54) is 11.3 Å². The quantitative estimate of drug-likeness (QED) is 0.843. The first-order chi connectivity index (χ1) is 8.24. The third-order valence-corrected chi connectivity index (χ3v) is 5.47. The van der Waals surface area contributed by atoms with Gasteiger partial charge in [0.25, 0.3) is 0 Å². The van der Waals surface area contributed by atoms with E-state index in [0.29, 0.717) is 11.3 Å². The molecular weight excluding hydrogens is 270 g/mol. The van der Waals surface area contributed by atoms with E-state index in [-0.39, 0.29) is 12.5 Å². The number of hydrogen-bond acceptors (Lipinski definition) is 4. The molecule has 1 aromatic heterocycles. The highest BCUT2D eigenvalue weighted by Gasteiger charge is 2.19. The van der Waals surface area contributed by atoms with Crippen molar-refractivity contribution in [3.05, 3.63) is 15.8 Å². The van der Waals surface area contributed by atoms with Crippen molar-refractivity contribution in [2.24, 2.45) is 5.92 Å². The van der Waals surface area contributed by atoms with Gasteiger partial charge in [-0.1, -0.05) is 13.8 Å². The standard InChI is InChI=1S/C12H21NO3S2/c1-8(2)11(14)5-6-13-18(15,16)12-7-9(3)17-10(12)4/h7-8,11,13-14H,5-6H2,1-4H3. The van der Waals surface area contributed by atoms with Crippen molar-refractivity contribution < 1.29 is 13.5 Å². The Hall–Kier alpha value is -0.430.